The van der Waals surface area contributed by atoms with Crippen molar-refractivity contribution in [1.29, 1.82) is 0 Å². The largest absolute Gasteiger partial charge is 0.454 e. The van der Waals surface area contributed by atoms with Crippen LogP contribution in [0.4, 0.5) is 4.79 Å². The van der Waals surface area contributed by atoms with Gasteiger partial charge >= 0.3 is 12.1 Å². The van der Waals surface area contributed by atoms with Gasteiger partial charge in [0, 0.05) is 12.0 Å². The summed E-state index contributed by atoms with van der Waals surface area (Å²) in [6.45, 7) is 16.8. The van der Waals surface area contributed by atoms with E-state index in [0.29, 0.717) is 18.5 Å². The molecule has 1 amide bonds. The molecule has 2 heterocycles. The van der Waals surface area contributed by atoms with Gasteiger partial charge in [0.15, 0.2) is 8.32 Å². The summed E-state index contributed by atoms with van der Waals surface area (Å²) in [7, 11) is -2.00. The van der Waals surface area contributed by atoms with E-state index in [-0.39, 0.29) is 30.3 Å². The number of fused-ring (bicyclic) bond motifs is 1. The Labute approximate surface area is 163 Å². The van der Waals surface area contributed by atoms with Crippen LogP contribution in [0.1, 0.15) is 48.0 Å². The summed E-state index contributed by atoms with van der Waals surface area (Å²) in [6, 6.07) is 0. The number of hydrogen-bond donors (Lipinski definition) is 0. The number of esters is 1. The Kier molecular flexibility index (Phi) is 6.14. The van der Waals surface area contributed by atoms with E-state index in [0.717, 1.165) is 5.57 Å². The number of ether oxygens (including phenoxy) is 2. The fourth-order valence-corrected chi connectivity index (χ4v) is 3.47. The molecule has 0 aromatic rings. The van der Waals surface area contributed by atoms with E-state index in [2.05, 4.69) is 33.9 Å². The van der Waals surface area contributed by atoms with E-state index in [4.69, 9.17) is 18.7 Å². The normalized spacial score (nSPS) is 21.7. The van der Waals surface area contributed by atoms with Crippen molar-refractivity contribution in [3.63, 3.8) is 0 Å². The minimum Gasteiger partial charge on any atom is -0.454 e. The first-order valence-electron chi connectivity index (χ1n) is 9.41. The molecule has 0 saturated carbocycles. The second-order valence-electron chi connectivity index (χ2n) is 9.59. The highest BCUT2D eigenvalue weighted by molar-refractivity contribution is 6.74. The Morgan fingerprint density at radius 3 is 2.41 bits per heavy atom. The molecule has 7 nitrogen and oxygen atoms in total. The molecule has 1 saturated heterocycles. The average Bonchev–Trinajstić information content (AvgIpc) is 2.64. The molecule has 0 aromatic heterocycles. The van der Waals surface area contributed by atoms with Crippen LogP contribution in [0, 0.1) is 0 Å². The predicted molar refractivity (Wildman–Crippen MR) is 104 cm³/mol. The summed E-state index contributed by atoms with van der Waals surface area (Å²) in [5.74, 6) is -0.344. The Morgan fingerprint density at radius 2 is 1.85 bits per heavy atom. The zero-order chi connectivity index (χ0) is 20.6. The zero-order valence-corrected chi connectivity index (χ0v) is 18.8. The average molecular weight is 400 g/mol. The van der Waals surface area contributed by atoms with E-state index < -0.39 is 20.0 Å². The molecule has 0 spiro atoms. The minimum absolute atomic E-state index is 0.0492. The third-order valence-electron chi connectivity index (χ3n) is 5.22. The quantitative estimate of drug-likeness (QED) is 0.531. The number of hydroxylamine groups is 2. The monoisotopic (exact) mass is 399 g/mol. The van der Waals surface area contributed by atoms with Gasteiger partial charge in [-0.05, 0) is 38.9 Å². The molecule has 1 unspecified atom stereocenters. The number of amides is 1. The van der Waals surface area contributed by atoms with E-state index in [1.165, 1.54) is 5.06 Å². The maximum atomic E-state index is 12.3. The van der Waals surface area contributed by atoms with E-state index in [1.54, 1.807) is 20.8 Å². The van der Waals surface area contributed by atoms with Gasteiger partial charge in [0.2, 0.25) is 0 Å². The van der Waals surface area contributed by atoms with E-state index in [9.17, 15) is 9.59 Å². The van der Waals surface area contributed by atoms with Crippen molar-refractivity contribution < 1.29 is 28.3 Å². The minimum atomic E-state index is -2.00. The molecule has 1 fully saturated rings. The summed E-state index contributed by atoms with van der Waals surface area (Å²) < 4.78 is 17.1. The lowest BCUT2D eigenvalue weighted by Gasteiger charge is -2.36. The number of carbonyl (C=O) groups is 2. The van der Waals surface area contributed by atoms with Crippen molar-refractivity contribution in [3.05, 3.63) is 11.1 Å². The Balaban J connectivity index is 2.09. The third kappa shape index (κ3) is 5.33. The van der Waals surface area contributed by atoms with Crippen LogP contribution in [0.3, 0.4) is 0 Å². The summed E-state index contributed by atoms with van der Waals surface area (Å²) in [5, 5.41) is 1.25. The summed E-state index contributed by atoms with van der Waals surface area (Å²) in [5.41, 5.74) is 0.692. The first kappa shape index (κ1) is 21.9. The molecule has 0 radical (unpaired) electrons. The molecule has 154 valence electrons. The predicted octanol–water partition coefficient (Wildman–Crippen LogP) is 3.80. The highest BCUT2D eigenvalue weighted by atomic mass is 28.4. The van der Waals surface area contributed by atoms with Crippen molar-refractivity contribution in [2.75, 3.05) is 19.8 Å². The van der Waals surface area contributed by atoms with Crippen LogP contribution < -0.4 is 0 Å². The lowest BCUT2D eigenvalue weighted by Crippen LogP contribution is -2.41. The third-order valence-corrected chi connectivity index (χ3v) is 9.70. The van der Waals surface area contributed by atoms with Crippen LogP contribution >= 0.6 is 0 Å². The Hall–Kier alpha value is -1.38. The van der Waals surface area contributed by atoms with Crippen molar-refractivity contribution in [1.82, 2.24) is 5.06 Å². The molecule has 0 N–H and O–H groups in total. The van der Waals surface area contributed by atoms with Crippen molar-refractivity contribution in [2.24, 2.45) is 0 Å². The number of nitrogens with zero attached hydrogens (tertiary/aromatic N) is 1. The standard InChI is InChI=1S/C19H33NO6Si/c1-18(2,3)26-17(22)20-10-9-15-13(11-23-20)14(16(21)25-15)12-24-27(7,8)19(4,5)6/h15H,9-12H2,1-8H3. The Morgan fingerprint density at radius 1 is 1.22 bits per heavy atom. The lowest BCUT2D eigenvalue weighted by atomic mass is 10.0. The van der Waals surface area contributed by atoms with Crippen LogP contribution in [0.15, 0.2) is 11.1 Å². The first-order chi connectivity index (χ1) is 12.2. The fraction of sp³-hybridized carbons (Fsp3) is 0.789. The number of rotatable bonds is 3. The SMILES string of the molecule is CC(C)(C)OC(=O)N1CCC2OC(=O)C(CO[Si](C)(C)C(C)(C)C)=C2CO1. The zero-order valence-electron chi connectivity index (χ0n) is 17.8. The molecule has 2 aliphatic rings. The van der Waals surface area contributed by atoms with Crippen LogP contribution in [0.5, 0.6) is 0 Å². The lowest BCUT2D eigenvalue weighted by molar-refractivity contribution is -0.142. The van der Waals surface area contributed by atoms with Crippen LogP contribution in [0.25, 0.3) is 0 Å². The van der Waals surface area contributed by atoms with Gasteiger partial charge < -0.3 is 13.9 Å². The maximum Gasteiger partial charge on any atom is 0.434 e. The Bertz CT molecular complexity index is 629. The second kappa shape index (κ2) is 7.56. The van der Waals surface area contributed by atoms with E-state index in [1.807, 2.05) is 0 Å². The van der Waals surface area contributed by atoms with Gasteiger partial charge in [-0.2, -0.15) is 5.06 Å². The van der Waals surface area contributed by atoms with Crippen molar-refractivity contribution in [2.45, 2.75) is 77.8 Å². The van der Waals surface area contributed by atoms with Gasteiger partial charge in [-0.15, -0.1) is 0 Å². The van der Waals surface area contributed by atoms with Gasteiger partial charge in [0.1, 0.15) is 18.3 Å². The first-order valence-corrected chi connectivity index (χ1v) is 12.3. The molecule has 0 bridgehead atoms. The molecule has 1 atom stereocenters. The smallest absolute Gasteiger partial charge is 0.434 e. The maximum absolute atomic E-state index is 12.3. The van der Waals surface area contributed by atoms with Crippen LogP contribution in [-0.2, 0) is 23.5 Å². The molecule has 0 aromatic carbocycles. The molecule has 2 aliphatic heterocycles. The van der Waals surface area contributed by atoms with Gasteiger partial charge in [-0.3, -0.25) is 4.84 Å². The van der Waals surface area contributed by atoms with Crippen LogP contribution in [0.2, 0.25) is 18.1 Å². The summed E-state index contributed by atoms with van der Waals surface area (Å²) >= 11 is 0. The molecule has 27 heavy (non-hydrogen) atoms. The highest BCUT2D eigenvalue weighted by Crippen LogP contribution is 2.38. The van der Waals surface area contributed by atoms with Crippen molar-refractivity contribution >= 4 is 20.4 Å². The van der Waals surface area contributed by atoms with Gasteiger partial charge in [-0.1, -0.05) is 20.8 Å². The van der Waals surface area contributed by atoms with Gasteiger partial charge in [0.05, 0.1) is 18.7 Å². The summed E-state index contributed by atoms with van der Waals surface area (Å²) in [6.07, 6.45) is -0.430. The van der Waals surface area contributed by atoms with Crippen molar-refractivity contribution in [3.8, 4) is 0 Å². The molecule has 2 rings (SSSR count). The fourth-order valence-electron chi connectivity index (χ4n) is 2.53. The number of carbonyl (C=O) groups excluding carboxylic acids is 2. The highest BCUT2D eigenvalue weighted by Gasteiger charge is 2.41. The second-order valence-corrected chi connectivity index (χ2v) is 14.4. The topological polar surface area (TPSA) is 74.3 Å². The molecule has 0 aliphatic carbocycles. The van der Waals surface area contributed by atoms with Gasteiger partial charge in [-0.25, -0.2) is 9.59 Å². The van der Waals surface area contributed by atoms with Crippen LogP contribution in [-0.4, -0.2) is 56.9 Å². The molecular weight excluding hydrogens is 366 g/mol. The number of hydrogen-bond acceptors (Lipinski definition) is 6. The summed E-state index contributed by atoms with van der Waals surface area (Å²) in [4.78, 5) is 30.2. The van der Waals surface area contributed by atoms with Gasteiger partial charge in [0.25, 0.3) is 0 Å². The molecular formula is C19H33NO6Si. The van der Waals surface area contributed by atoms with E-state index >= 15 is 0 Å². The molecule has 8 heteroatoms.